The SMILES string of the molecule is COC(=O)c1ccc(NC(=O)CCCOC=O)cc1C#CCN. The number of esters is 1. The van der Waals surface area contributed by atoms with E-state index >= 15 is 0 Å². The number of rotatable bonds is 7. The monoisotopic (exact) mass is 318 g/mol. The zero-order valence-electron chi connectivity index (χ0n) is 12.8. The Morgan fingerprint density at radius 1 is 1.39 bits per heavy atom. The van der Waals surface area contributed by atoms with Crippen LogP contribution in [0.1, 0.15) is 28.8 Å². The van der Waals surface area contributed by atoms with E-state index in [4.69, 9.17) is 5.73 Å². The summed E-state index contributed by atoms with van der Waals surface area (Å²) >= 11 is 0. The topological polar surface area (TPSA) is 108 Å². The summed E-state index contributed by atoms with van der Waals surface area (Å²) in [7, 11) is 1.28. The Balaban J connectivity index is 2.82. The van der Waals surface area contributed by atoms with Gasteiger partial charge in [-0.25, -0.2) is 4.79 Å². The van der Waals surface area contributed by atoms with Crippen LogP contribution in [0, 0.1) is 11.8 Å². The maximum absolute atomic E-state index is 11.8. The Labute approximate surface area is 134 Å². The standard InChI is InChI=1S/C16H18N2O5/c1-22-16(21)14-7-6-13(10-12(14)4-2-8-17)18-15(20)5-3-9-23-11-19/h6-7,10-11H,3,5,8-9,17H2,1H3,(H,18,20). The van der Waals surface area contributed by atoms with Gasteiger partial charge in [-0.1, -0.05) is 11.8 Å². The molecule has 122 valence electrons. The van der Waals surface area contributed by atoms with Crippen LogP contribution in [-0.4, -0.2) is 38.6 Å². The van der Waals surface area contributed by atoms with Crippen LogP contribution in [0.25, 0.3) is 0 Å². The molecule has 0 spiro atoms. The summed E-state index contributed by atoms with van der Waals surface area (Å²) in [5, 5.41) is 2.69. The predicted molar refractivity (Wildman–Crippen MR) is 83.6 cm³/mol. The predicted octanol–water partition coefficient (Wildman–Crippen LogP) is 0.675. The minimum atomic E-state index is -0.518. The molecule has 0 bridgehead atoms. The van der Waals surface area contributed by atoms with Crippen LogP contribution < -0.4 is 11.1 Å². The quantitative estimate of drug-likeness (QED) is 0.331. The van der Waals surface area contributed by atoms with Crippen LogP contribution in [0.3, 0.4) is 0 Å². The molecule has 7 nitrogen and oxygen atoms in total. The maximum Gasteiger partial charge on any atom is 0.339 e. The van der Waals surface area contributed by atoms with Gasteiger partial charge in [-0.05, 0) is 24.6 Å². The van der Waals surface area contributed by atoms with Crippen molar-refractivity contribution in [3.8, 4) is 11.8 Å². The highest BCUT2D eigenvalue weighted by Crippen LogP contribution is 2.16. The lowest BCUT2D eigenvalue weighted by Crippen LogP contribution is -2.13. The van der Waals surface area contributed by atoms with Gasteiger partial charge < -0.3 is 20.5 Å². The third-order valence-corrected chi connectivity index (χ3v) is 2.77. The van der Waals surface area contributed by atoms with Gasteiger partial charge in [-0.3, -0.25) is 9.59 Å². The number of hydrogen-bond acceptors (Lipinski definition) is 6. The molecule has 0 unspecified atom stereocenters. The first-order valence-electron chi connectivity index (χ1n) is 6.88. The highest BCUT2D eigenvalue weighted by atomic mass is 16.5. The lowest BCUT2D eigenvalue weighted by Gasteiger charge is -2.08. The Bertz CT molecular complexity index is 631. The second-order valence-electron chi connectivity index (χ2n) is 4.38. The highest BCUT2D eigenvalue weighted by Gasteiger charge is 2.12. The Morgan fingerprint density at radius 3 is 2.83 bits per heavy atom. The van der Waals surface area contributed by atoms with E-state index < -0.39 is 5.97 Å². The van der Waals surface area contributed by atoms with Crippen molar-refractivity contribution >= 4 is 24.0 Å². The van der Waals surface area contributed by atoms with Crippen molar-refractivity contribution in [3.05, 3.63) is 29.3 Å². The van der Waals surface area contributed by atoms with E-state index in [1.165, 1.54) is 13.2 Å². The maximum atomic E-state index is 11.8. The van der Waals surface area contributed by atoms with E-state index in [1.54, 1.807) is 12.1 Å². The van der Waals surface area contributed by atoms with Gasteiger partial charge in [0.15, 0.2) is 0 Å². The van der Waals surface area contributed by atoms with Gasteiger partial charge in [0.25, 0.3) is 6.47 Å². The van der Waals surface area contributed by atoms with Crippen LogP contribution in [0.2, 0.25) is 0 Å². The van der Waals surface area contributed by atoms with Crippen molar-refractivity contribution in [2.75, 3.05) is 25.6 Å². The lowest BCUT2D eigenvalue weighted by atomic mass is 10.1. The summed E-state index contributed by atoms with van der Waals surface area (Å²) in [4.78, 5) is 33.4. The molecule has 1 aromatic carbocycles. The third kappa shape index (κ3) is 6.20. The third-order valence-electron chi connectivity index (χ3n) is 2.77. The van der Waals surface area contributed by atoms with Crippen molar-refractivity contribution in [2.24, 2.45) is 5.73 Å². The number of hydrogen-bond donors (Lipinski definition) is 2. The van der Waals surface area contributed by atoms with Crippen molar-refractivity contribution in [1.82, 2.24) is 0 Å². The number of benzene rings is 1. The smallest absolute Gasteiger partial charge is 0.339 e. The summed E-state index contributed by atoms with van der Waals surface area (Å²) in [5.41, 5.74) is 6.56. The molecular formula is C16H18N2O5. The van der Waals surface area contributed by atoms with E-state index in [1.807, 2.05) is 0 Å². The van der Waals surface area contributed by atoms with Crippen molar-refractivity contribution in [1.29, 1.82) is 0 Å². The van der Waals surface area contributed by atoms with Crippen molar-refractivity contribution in [2.45, 2.75) is 12.8 Å². The normalized spacial score (nSPS) is 9.30. The lowest BCUT2D eigenvalue weighted by molar-refractivity contribution is -0.129. The second-order valence-corrected chi connectivity index (χ2v) is 4.38. The first-order chi connectivity index (χ1) is 11.1. The van der Waals surface area contributed by atoms with Crippen molar-refractivity contribution < 1.29 is 23.9 Å². The van der Waals surface area contributed by atoms with Crippen LogP contribution in [0.4, 0.5) is 5.69 Å². The number of nitrogens with two attached hydrogens (primary N) is 1. The van der Waals surface area contributed by atoms with E-state index in [0.29, 0.717) is 29.7 Å². The summed E-state index contributed by atoms with van der Waals surface area (Å²) < 4.78 is 9.20. The molecule has 0 aliphatic heterocycles. The average Bonchev–Trinajstić information content (AvgIpc) is 2.56. The first-order valence-corrected chi connectivity index (χ1v) is 6.88. The average molecular weight is 318 g/mol. The summed E-state index contributed by atoms with van der Waals surface area (Å²) in [6, 6.07) is 4.69. The molecule has 23 heavy (non-hydrogen) atoms. The van der Waals surface area contributed by atoms with Crippen LogP contribution in [-0.2, 0) is 19.1 Å². The Morgan fingerprint density at radius 2 is 2.17 bits per heavy atom. The first kappa shape index (κ1) is 18.2. The Hall–Kier alpha value is -2.85. The van der Waals surface area contributed by atoms with Gasteiger partial charge in [-0.15, -0.1) is 0 Å². The fourth-order valence-electron chi connectivity index (χ4n) is 1.75. The van der Waals surface area contributed by atoms with E-state index in [2.05, 4.69) is 26.6 Å². The largest absolute Gasteiger partial charge is 0.468 e. The van der Waals surface area contributed by atoms with Crippen LogP contribution in [0.15, 0.2) is 18.2 Å². The van der Waals surface area contributed by atoms with Gasteiger partial charge in [0.05, 0.1) is 25.8 Å². The fourth-order valence-corrected chi connectivity index (χ4v) is 1.75. The van der Waals surface area contributed by atoms with Gasteiger partial charge in [0.1, 0.15) is 0 Å². The second kappa shape index (κ2) is 9.97. The number of carbonyl (C=O) groups is 3. The summed E-state index contributed by atoms with van der Waals surface area (Å²) in [6.07, 6.45) is 0.626. The molecule has 3 N–H and O–H groups in total. The molecule has 0 saturated carbocycles. The number of anilines is 1. The van der Waals surface area contributed by atoms with Gasteiger partial charge >= 0.3 is 5.97 Å². The zero-order valence-corrected chi connectivity index (χ0v) is 12.8. The molecule has 1 amide bonds. The van der Waals surface area contributed by atoms with Gasteiger partial charge in [0, 0.05) is 17.7 Å². The molecule has 0 aliphatic rings. The molecule has 0 atom stereocenters. The van der Waals surface area contributed by atoms with E-state index in [9.17, 15) is 14.4 Å². The minimum Gasteiger partial charge on any atom is -0.468 e. The number of carbonyl (C=O) groups excluding carboxylic acids is 3. The summed E-state index contributed by atoms with van der Waals surface area (Å²) in [6.45, 7) is 0.672. The number of amides is 1. The van der Waals surface area contributed by atoms with E-state index in [0.717, 1.165) is 0 Å². The number of nitrogens with one attached hydrogen (secondary N) is 1. The molecule has 0 saturated heterocycles. The minimum absolute atomic E-state index is 0.147. The molecule has 1 aromatic rings. The zero-order chi connectivity index (χ0) is 17.1. The molecule has 0 aliphatic carbocycles. The van der Waals surface area contributed by atoms with Crippen LogP contribution in [0.5, 0.6) is 0 Å². The molecule has 0 fully saturated rings. The molecule has 0 radical (unpaired) electrons. The molecule has 7 heteroatoms. The van der Waals surface area contributed by atoms with Crippen molar-refractivity contribution in [3.63, 3.8) is 0 Å². The van der Waals surface area contributed by atoms with Gasteiger partial charge in [0.2, 0.25) is 5.91 Å². The fraction of sp³-hybridized carbons (Fsp3) is 0.312. The van der Waals surface area contributed by atoms with Crippen LogP contribution >= 0.6 is 0 Å². The summed E-state index contributed by atoms with van der Waals surface area (Å²) in [5.74, 6) is 4.68. The molecule has 0 heterocycles. The molecule has 0 aromatic heterocycles. The highest BCUT2D eigenvalue weighted by molar-refractivity contribution is 5.95. The number of methoxy groups -OCH3 is 1. The molecule has 1 rings (SSSR count). The number of ether oxygens (including phenoxy) is 2. The molecular weight excluding hydrogens is 300 g/mol. The van der Waals surface area contributed by atoms with E-state index in [-0.39, 0.29) is 25.5 Å². The van der Waals surface area contributed by atoms with Gasteiger partial charge in [-0.2, -0.15) is 0 Å². The Kier molecular flexibility index (Phi) is 7.89.